The zero-order valence-corrected chi connectivity index (χ0v) is 14.5. The number of benzene rings is 2. The lowest BCUT2D eigenvalue weighted by molar-refractivity contribution is 0.602. The van der Waals surface area contributed by atoms with E-state index in [1.54, 1.807) is 12.4 Å². The van der Waals surface area contributed by atoms with E-state index < -0.39 is 0 Å². The van der Waals surface area contributed by atoms with Crippen LogP contribution in [0, 0.1) is 0 Å². The number of nitrogens with one attached hydrogen (secondary N) is 2. The standard InChI is InChI=1S/C20H13N7O/c1-2-13-9-23-26-16(13)7-12(1)17-10-27-6-5-21-20(27)19(25-17)24-14-3-4-15-18(8-14)28-11-22-15/h1-11H,(H,23,26)(H,24,25). The summed E-state index contributed by atoms with van der Waals surface area (Å²) in [6, 6.07) is 11.8. The zero-order chi connectivity index (χ0) is 18.5. The van der Waals surface area contributed by atoms with Crippen LogP contribution < -0.4 is 5.32 Å². The van der Waals surface area contributed by atoms with E-state index in [4.69, 9.17) is 9.40 Å². The number of hydrogen-bond donors (Lipinski definition) is 2. The van der Waals surface area contributed by atoms with Gasteiger partial charge in [-0.1, -0.05) is 12.1 Å². The monoisotopic (exact) mass is 367 g/mol. The smallest absolute Gasteiger partial charge is 0.181 e. The van der Waals surface area contributed by atoms with Gasteiger partial charge in [0, 0.05) is 41.3 Å². The van der Waals surface area contributed by atoms with E-state index in [1.807, 2.05) is 53.2 Å². The molecule has 0 saturated heterocycles. The number of hydrogen-bond acceptors (Lipinski definition) is 6. The summed E-state index contributed by atoms with van der Waals surface area (Å²) < 4.78 is 7.35. The van der Waals surface area contributed by atoms with Gasteiger partial charge in [-0.15, -0.1) is 0 Å². The minimum Gasteiger partial charge on any atom is -0.443 e. The maximum atomic E-state index is 5.39. The van der Waals surface area contributed by atoms with E-state index in [-0.39, 0.29) is 0 Å². The van der Waals surface area contributed by atoms with Crippen molar-refractivity contribution in [2.24, 2.45) is 0 Å². The van der Waals surface area contributed by atoms with Gasteiger partial charge in [0.05, 0.1) is 17.4 Å². The van der Waals surface area contributed by atoms with Crippen molar-refractivity contribution in [3.63, 3.8) is 0 Å². The molecule has 6 aromatic rings. The van der Waals surface area contributed by atoms with Crippen LogP contribution in [0.1, 0.15) is 0 Å². The first kappa shape index (κ1) is 14.9. The molecule has 8 heteroatoms. The summed E-state index contributed by atoms with van der Waals surface area (Å²) in [6.45, 7) is 0. The SMILES string of the molecule is c1cn2cc(-c3ccc4cn[nH]c4c3)nc(Nc3ccc4ncoc4c3)c2n1. The van der Waals surface area contributed by atoms with Gasteiger partial charge in [-0.2, -0.15) is 5.10 Å². The molecule has 0 saturated carbocycles. The summed E-state index contributed by atoms with van der Waals surface area (Å²) in [5.41, 5.74) is 5.89. The second-order valence-electron chi connectivity index (χ2n) is 6.46. The lowest BCUT2D eigenvalue weighted by Crippen LogP contribution is -2.00. The maximum Gasteiger partial charge on any atom is 0.181 e. The van der Waals surface area contributed by atoms with Gasteiger partial charge < -0.3 is 14.1 Å². The molecule has 0 radical (unpaired) electrons. The predicted molar refractivity (Wildman–Crippen MR) is 105 cm³/mol. The minimum absolute atomic E-state index is 0.658. The van der Waals surface area contributed by atoms with Crippen molar-refractivity contribution in [2.75, 3.05) is 5.32 Å². The molecule has 134 valence electrons. The molecule has 0 aliphatic carbocycles. The number of fused-ring (bicyclic) bond motifs is 3. The van der Waals surface area contributed by atoms with E-state index in [9.17, 15) is 0 Å². The summed E-state index contributed by atoms with van der Waals surface area (Å²) in [5.74, 6) is 0.658. The number of rotatable bonds is 3. The Labute approximate surface area is 157 Å². The molecule has 8 nitrogen and oxygen atoms in total. The average Bonchev–Trinajstić information content (AvgIpc) is 3.46. The van der Waals surface area contributed by atoms with Crippen LogP contribution in [0.2, 0.25) is 0 Å². The fourth-order valence-electron chi connectivity index (χ4n) is 3.32. The maximum absolute atomic E-state index is 5.39. The molecule has 0 atom stereocenters. The van der Waals surface area contributed by atoms with Gasteiger partial charge in [-0.25, -0.2) is 15.0 Å². The molecule has 4 heterocycles. The van der Waals surface area contributed by atoms with Crippen LogP contribution in [0.15, 0.2) is 72.0 Å². The Balaban J connectivity index is 1.48. The van der Waals surface area contributed by atoms with Crippen molar-refractivity contribution in [3.8, 4) is 11.3 Å². The van der Waals surface area contributed by atoms with Crippen LogP contribution in [-0.2, 0) is 0 Å². The topological polar surface area (TPSA) is 96.9 Å². The average molecular weight is 367 g/mol. The lowest BCUT2D eigenvalue weighted by atomic mass is 10.1. The minimum atomic E-state index is 0.658. The number of anilines is 2. The molecule has 28 heavy (non-hydrogen) atoms. The second-order valence-corrected chi connectivity index (χ2v) is 6.46. The van der Waals surface area contributed by atoms with Gasteiger partial charge in [-0.05, 0) is 18.2 Å². The first-order valence-electron chi connectivity index (χ1n) is 8.71. The number of oxazole rings is 1. The third-order valence-corrected chi connectivity index (χ3v) is 4.71. The molecule has 2 N–H and O–H groups in total. The number of imidazole rings is 1. The normalized spacial score (nSPS) is 11.6. The molecule has 0 spiro atoms. The Bertz CT molecular complexity index is 1460. The third kappa shape index (κ3) is 2.32. The molecule has 0 amide bonds. The largest absolute Gasteiger partial charge is 0.443 e. The summed E-state index contributed by atoms with van der Waals surface area (Å²) in [5, 5.41) is 11.5. The Hall–Kier alpha value is -4.20. The highest BCUT2D eigenvalue weighted by atomic mass is 16.3. The van der Waals surface area contributed by atoms with Crippen molar-refractivity contribution in [2.45, 2.75) is 0 Å². The molecule has 0 aliphatic heterocycles. The number of nitrogens with zero attached hydrogens (tertiary/aromatic N) is 5. The van der Waals surface area contributed by atoms with Crippen molar-refractivity contribution in [3.05, 3.63) is 67.6 Å². The molecular weight excluding hydrogens is 354 g/mol. The van der Waals surface area contributed by atoms with Crippen LogP contribution in [-0.4, -0.2) is 29.5 Å². The van der Waals surface area contributed by atoms with Crippen LogP contribution in [0.3, 0.4) is 0 Å². The Morgan fingerprint density at radius 3 is 3.07 bits per heavy atom. The Kier molecular flexibility index (Phi) is 3.01. The van der Waals surface area contributed by atoms with Crippen LogP contribution in [0.25, 0.3) is 38.9 Å². The molecule has 0 bridgehead atoms. The van der Waals surface area contributed by atoms with Gasteiger partial charge in [0.15, 0.2) is 23.4 Å². The molecule has 4 aromatic heterocycles. The van der Waals surface area contributed by atoms with E-state index in [0.717, 1.165) is 39.0 Å². The van der Waals surface area contributed by atoms with Gasteiger partial charge >= 0.3 is 0 Å². The lowest BCUT2D eigenvalue weighted by Gasteiger charge is -2.10. The van der Waals surface area contributed by atoms with Crippen molar-refractivity contribution < 1.29 is 4.42 Å². The molecule has 0 aliphatic rings. The highest BCUT2D eigenvalue weighted by molar-refractivity contribution is 5.84. The molecular formula is C20H13N7O. The fourth-order valence-corrected chi connectivity index (χ4v) is 3.32. The van der Waals surface area contributed by atoms with Gasteiger partial charge in [0.25, 0.3) is 0 Å². The Morgan fingerprint density at radius 2 is 2.07 bits per heavy atom. The molecule has 2 aromatic carbocycles. The van der Waals surface area contributed by atoms with E-state index in [1.165, 1.54) is 6.39 Å². The first-order chi connectivity index (χ1) is 13.8. The number of H-pyrrole nitrogens is 1. The van der Waals surface area contributed by atoms with Crippen LogP contribution in [0.5, 0.6) is 0 Å². The number of aromatic amines is 1. The molecule has 6 rings (SSSR count). The highest BCUT2D eigenvalue weighted by Crippen LogP contribution is 2.27. The molecule has 0 fully saturated rings. The highest BCUT2D eigenvalue weighted by Gasteiger charge is 2.11. The summed E-state index contributed by atoms with van der Waals surface area (Å²) in [7, 11) is 0. The second kappa shape index (κ2) is 5.65. The first-order valence-corrected chi connectivity index (χ1v) is 8.71. The van der Waals surface area contributed by atoms with Crippen molar-refractivity contribution in [1.82, 2.24) is 29.5 Å². The molecule has 0 unspecified atom stereocenters. The van der Waals surface area contributed by atoms with Gasteiger partial charge in [-0.3, -0.25) is 5.10 Å². The third-order valence-electron chi connectivity index (χ3n) is 4.71. The summed E-state index contributed by atoms with van der Waals surface area (Å²) in [6.07, 6.45) is 8.86. The summed E-state index contributed by atoms with van der Waals surface area (Å²) >= 11 is 0. The van der Waals surface area contributed by atoms with Crippen LogP contribution in [0.4, 0.5) is 11.5 Å². The van der Waals surface area contributed by atoms with Gasteiger partial charge in [0.1, 0.15) is 5.52 Å². The zero-order valence-electron chi connectivity index (χ0n) is 14.5. The number of aromatic nitrogens is 6. The van der Waals surface area contributed by atoms with Crippen molar-refractivity contribution in [1.29, 1.82) is 0 Å². The van der Waals surface area contributed by atoms with E-state index in [0.29, 0.717) is 11.4 Å². The fraction of sp³-hybridized carbons (Fsp3) is 0. The van der Waals surface area contributed by atoms with Gasteiger partial charge in [0.2, 0.25) is 0 Å². The van der Waals surface area contributed by atoms with E-state index >= 15 is 0 Å². The Morgan fingerprint density at radius 1 is 1.07 bits per heavy atom. The van der Waals surface area contributed by atoms with Crippen molar-refractivity contribution >= 4 is 39.2 Å². The van der Waals surface area contributed by atoms with E-state index in [2.05, 4.69) is 25.5 Å². The summed E-state index contributed by atoms with van der Waals surface area (Å²) in [4.78, 5) is 13.4. The van der Waals surface area contributed by atoms with Crippen LogP contribution >= 0.6 is 0 Å². The predicted octanol–water partition coefficient (Wildman–Crippen LogP) is 4.16. The quantitative estimate of drug-likeness (QED) is 0.487.